The van der Waals surface area contributed by atoms with Crippen molar-refractivity contribution in [1.82, 2.24) is 0 Å². The minimum Gasteiger partial charge on any atom is -0.489 e. The molecular weight excluding hydrogens is 303 g/mol. The smallest absolute Gasteiger partial charge is 0.124 e. The Kier molecular flexibility index (Phi) is 4.98. The van der Waals surface area contributed by atoms with Crippen LogP contribution < -0.4 is 4.74 Å². The molecule has 4 heteroatoms. The van der Waals surface area contributed by atoms with E-state index in [1.165, 1.54) is 0 Å². The number of ether oxygens (including phenoxy) is 1. The maximum atomic E-state index is 5.97. The summed E-state index contributed by atoms with van der Waals surface area (Å²) >= 11 is 17.8. The van der Waals surface area contributed by atoms with Crippen LogP contribution in [-0.2, 0) is 12.5 Å². The van der Waals surface area contributed by atoms with E-state index in [0.29, 0.717) is 22.5 Å². The molecule has 2 rings (SSSR count). The van der Waals surface area contributed by atoms with Crippen molar-refractivity contribution in [3.63, 3.8) is 0 Å². The largest absolute Gasteiger partial charge is 0.489 e. The Bertz CT molecular complexity index is 582. The molecule has 0 unspecified atom stereocenters. The highest BCUT2D eigenvalue weighted by Gasteiger charge is 2.05. The second-order valence-corrected chi connectivity index (χ2v) is 5.36. The summed E-state index contributed by atoms with van der Waals surface area (Å²) in [6.07, 6.45) is 0. The lowest BCUT2D eigenvalue weighted by Gasteiger charge is -2.11. The highest BCUT2D eigenvalue weighted by Crippen LogP contribution is 2.25. The molecule has 0 heterocycles. The molecule has 0 aliphatic rings. The van der Waals surface area contributed by atoms with Crippen LogP contribution in [0.4, 0.5) is 0 Å². The highest BCUT2D eigenvalue weighted by atomic mass is 35.5. The molecule has 2 aromatic carbocycles. The van der Waals surface area contributed by atoms with Gasteiger partial charge in [0.15, 0.2) is 0 Å². The number of benzene rings is 2. The van der Waals surface area contributed by atoms with E-state index in [9.17, 15) is 0 Å². The lowest BCUT2D eigenvalue weighted by molar-refractivity contribution is 0.304. The first-order chi connectivity index (χ1) is 9.10. The summed E-state index contributed by atoms with van der Waals surface area (Å²) in [5, 5.41) is 1.08. The number of halogens is 3. The van der Waals surface area contributed by atoms with Gasteiger partial charge in [-0.3, -0.25) is 0 Å². The zero-order chi connectivity index (χ0) is 13.8. The van der Waals surface area contributed by atoms with E-state index in [1.54, 1.807) is 12.1 Å². The van der Waals surface area contributed by atoms with Gasteiger partial charge in [0.25, 0.3) is 0 Å². The summed E-state index contributed by atoms with van der Waals surface area (Å²) in [7, 11) is 0. The summed E-state index contributed by atoms with van der Waals surface area (Å²) in [6.45, 7) is 2.46. The molecule has 0 aromatic heterocycles. The summed E-state index contributed by atoms with van der Waals surface area (Å²) in [5.74, 6) is 1.23. The molecule has 2 aromatic rings. The van der Waals surface area contributed by atoms with Crippen molar-refractivity contribution in [1.29, 1.82) is 0 Å². The highest BCUT2D eigenvalue weighted by molar-refractivity contribution is 6.42. The van der Waals surface area contributed by atoms with Crippen LogP contribution in [0.2, 0.25) is 10.0 Å². The number of aryl methyl sites for hydroxylation is 1. The lowest BCUT2D eigenvalue weighted by Crippen LogP contribution is -1.98. The predicted octanol–water partition coefficient (Wildman–Crippen LogP) is 5.62. The molecule has 0 spiro atoms. The molecule has 0 saturated carbocycles. The normalized spacial score (nSPS) is 10.5. The molecule has 0 aliphatic carbocycles. The predicted molar refractivity (Wildman–Crippen MR) is 81.5 cm³/mol. The maximum absolute atomic E-state index is 5.97. The molecule has 1 nitrogen and oxygen atoms in total. The molecule has 0 aliphatic heterocycles. The molecule has 0 radical (unpaired) electrons. The van der Waals surface area contributed by atoms with Crippen LogP contribution in [-0.4, -0.2) is 0 Å². The summed E-state index contributed by atoms with van der Waals surface area (Å²) < 4.78 is 5.78. The molecular formula is C15H13Cl3O. The van der Waals surface area contributed by atoms with Gasteiger partial charge < -0.3 is 4.74 Å². The van der Waals surface area contributed by atoms with E-state index >= 15 is 0 Å². The van der Waals surface area contributed by atoms with Gasteiger partial charge in [-0.05, 0) is 30.7 Å². The second kappa shape index (κ2) is 6.51. The monoisotopic (exact) mass is 314 g/mol. The zero-order valence-corrected chi connectivity index (χ0v) is 12.7. The van der Waals surface area contributed by atoms with E-state index in [0.717, 1.165) is 22.4 Å². The standard InChI is InChI=1S/C15H13Cl3O/c1-10-2-5-15(12(6-10)8-16)19-9-11-3-4-13(17)14(18)7-11/h2-7H,8-9H2,1H3. The summed E-state index contributed by atoms with van der Waals surface area (Å²) in [5.41, 5.74) is 3.12. The van der Waals surface area contributed by atoms with Crippen molar-refractivity contribution in [3.8, 4) is 5.75 Å². The van der Waals surface area contributed by atoms with Crippen molar-refractivity contribution in [2.75, 3.05) is 0 Å². The molecule has 0 N–H and O–H groups in total. The average Bonchev–Trinajstić information content (AvgIpc) is 2.41. The average molecular weight is 316 g/mol. The number of alkyl halides is 1. The molecule has 100 valence electrons. The van der Waals surface area contributed by atoms with Gasteiger partial charge in [-0.25, -0.2) is 0 Å². The van der Waals surface area contributed by atoms with Gasteiger partial charge in [-0.2, -0.15) is 0 Å². The molecule has 19 heavy (non-hydrogen) atoms. The van der Waals surface area contributed by atoms with Gasteiger partial charge in [-0.15, -0.1) is 11.6 Å². The summed E-state index contributed by atoms with van der Waals surface area (Å²) in [6, 6.07) is 11.4. The van der Waals surface area contributed by atoms with Crippen molar-refractivity contribution in [2.24, 2.45) is 0 Å². The number of rotatable bonds is 4. The number of hydrogen-bond acceptors (Lipinski definition) is 1. The van der Waals surface area contributed by atoms with E-state index in [2.05, 4.69) is 0 Å². The van der Waals surface area contributed by atoms with Crippen molar-refractivity contribution in [3.05, 3.63) is 63.1 Å². The minimum atomic E-state index is 0.429. The Balaban J connectivity index is 2.12. The molecule has 0 amide bonds. The third-order valence-corrected chi connectivity index (χ3v) is 3.77. The van der Waals surface area contributed by atoms with Gasteiger partial charge in [0.1, 0.15) is 12.4 Å². The molecule has 0 bridgehead atoms. The van der Waals surface area contributed by atoms with Gasteiger partial charge in [0.2, 0.25) is 0 Å². The third-order valence-electron chi connectivity index (χ3n) is 2.74. The zero-order valence-electron chi connectivity index (χ0n) is 10.4. The Labute approximate surface area is 128 Å². The first kappa shape index (κ1) is 14.5. The molecule has 0 saturated heterocycles. The number of hydrogen-bond donors (Lipinski definition) is 0. The first-order valence-electron chi connectivity index (χ1n) is 5.82. The fourth-order valence-corrected chi connectivity index (χ4v) is 2.27. The van der Waals surface area contributed by atoms with Crippen LogP contribution in [0, 0.1) is 6.92 Å². The fraction of sp³-hybridized carbons (Fsp3) is 0.200. The van der Waals surface area contributed by atoms with Crippen LogP contribution in [0.1, 0.15) is 16.7 Å². The second-order valence-electron chi connectivity index (χ2n) is 4.28. The summed E-state index contributed by atoms with van der Waals surface area (Å²) in [4.78, 5) is 0. The van der Waals surface area contributed by atoms with Gasteiger partial charge in [-0.1, -0.05) is 47.0 Å². The van der Waals surface area contributed by atoms with Crippen LogP contribution in [0.3, 0.4) is 0 Å². The SMILES string of the molecule is Cc1ccc(OCc2ccc(Cl)c(Cl)c2)c(CCl)c1. The Hall–Kier alpha value is -0.890. The van der Waals surface area contributed by atoms with E-state index in [-0.39, 0.29) is 0 Å². The third kappa shape index (κ3) is 3.79. The van der Waals surface area contributed by atoms with Crippen LogP contribution in [0.5, 0.6) is 5.75 Å². The van der Waals surface area contributed by atoms with Crippen molar-refractivity contribution < 1.29 is 4.74 Å². The quantitative estimate of drug-likeness (QED) is 0.665. The Morgan fingerprint density at radius 1 is 1.00 bits per heavy atom. The van der Waals surface area contributed by atoms with Crippen molar-refractivity contribution >= 4 is 34.8 Å². The Morgan fingerprint density at radius 3 is 2.47 bits per heavy atom. The lowest BCUT2D eigenvalue weighted by atomic mass is 10.1. The minimum absolute atomic E-state index is 0.429. The van der Waals surface area contributed by atoms with Gasteiger partial charge >= 0.3 is 0 Å². The topological polar surface area (TPSA) is 9.23 Å². The Morgan fingerprint density at radius 2 is 1.79 bits per heavy atom. The van der Waals surface area contributed by atoms with E-state index < -0.39 is 0 Å². The maximum Gasteiger partial charge on any atom is 0.124 e. The van der Waals surface area contributed by atoms with E-state index in [1.807, 2.05) is 31.2 Å². The van der Waals surface area contributed by atoms with Gasteiger partial charge in [0.05, 0.1) is 15.9 Å². The molecule has 0 fully saturated rings. The van der Waals surface area contributed by atoms with Gasteiger partial charge in [0, 0.05) is 5.56 Å². The molecule has 0 atom stereocenters. The van der Waals surface area contributed by atoms with Crippen LogP contribution >= 0.6 is 34.8 Å². The van der Waals surface area contributed by atoms with E-state index in [4.69, 9.17) is 39.5 Å². The first-order valence-corrected chi connectivity index (χ1v) is 7.11. The van der Waals surface area contributed by atoms with Crippen LogP contribution in [0.15, 0.2) is 36.4 Å². The van der Waals surface area contributed by atoms with Crippen molar-refractivity contribution in [2.45, 2.75) is 19.4 Å². The fourth-order valence-electron chi connectivity index (χ4n) is 1.74. The van der Waals surface area contributed by atoms with Crippen LogP contribution in [0.25, 0.3) is 0 Å².